The first-order chi connectivity index (χ1) is 13.0. The van der Waals surface area contributed by atoms with Gasteiger partial charge in [0.05, 0.1) is 16.5 Å². The molecule has 0 saturated heterocycles. The maximum Gasteiger partial charge on any atom is 0.420 e. The normalized spacial score (nSPS) is 13.6. The first kappa shape index (κ1) is 17.0. The predicted molar refractivity (Wildman–Crippen MR) is 97.1 cm³/mol. The highest BCUT2D eigenvalue weighted by Crippen LogP contribution is 2.29. The second kappa shape index (κ2) is 6.71. The third kappa shape index (κ3) is 3.46. The number of benzene rings is 2. The maximum atomic E-state index is 12.9. The van der Waals surface area contributed by atoms with Crippen LogP contribution in [0.2, 0.25) is 0 Å². The Bertz CT molecular complexity index is 1070. The van der Waals surface area contributed by atoms with Crippen molar-refractivity contribution in [3.05, 3.63) is 74.8 Å². The summed E-state index contributed by atoms with van der Waals surface area (Å²) in [4.78, 5) is 37.2. The van der Waals surface area contributed by atoms with Gasteiger partial charge in [0.1, 0.15) is 6.54 Å². The smallest absolute Gasteiger partial charge is 0.407 e. The number of rotatable bonds is 6. The highest BCUT2D eigenvalue weighted by Gasteiger charge is 2.33. The van der Waals surface area contributed by atoms with E-state index in [1.165, 1.54) is 22.8 Å². The zero-order valence-electron chi connectivity index (χ0n) is 14.4. The number of nitro benzene ring substituents is 1. The molecule has 0 radical (unpaired) electrons. The molecule has 138 valence electrons. The highest BCUT2D eigenvalue weighted by atomic mass is 16.6. The van der Waals surface area contributed by atoms with Gasteiger partial charge in [0.2, 0.25) is 5.91 Å². The number of non-ortho nitro benzene ring substituents is 1. The fourth-order valence-electron chi connectivity index (χ4n) is 3.13. The third-order valence-electron chi connectivity index (χ3n) is 4.66. The molecular formula is C19H17N3O5. The summed E-state index contributed by atoms with van der Waals surface area (Å²) in [5.74, 6) is -0.876. The Hall–Kier alpha value is -3.42. The number of nitrogens with zero attached hydrogens (tertiary/aromatic N) is 3. The lowest BCUT2D eigenvalue weighted by Gasteiger charge is -2.22. The Labute approximate surface area is 153 Å². The Balaban J connectivity index is 1.60. The summed E-state index contributed by atoms with van der Waals surface area (Å²) in [7, 11) is 0. The molecule has 1 heterocycles. The van der Waals surface area contributed by atoms with Gasteiger partial charge in [0.15, 0.2) is 5.58 Å². The Morgan fingerprint density at radius 3 is 2.63 bits per heavy atom. The topological polar surface area (TPSA) is 98.6 Å². The number of aromatic nitrogens is 1. The largest absolute Gasteiger partial charge is 0.420 e. The second-order valence-electron chi connectivity index (χ2n) is 6.60. The van der Waals surface area contributed by atoms with Crippen molar-refractivity contribution in [2.24, 2.45) is 0 Å². The monoisotopic (exact) mass is 367 g/mol. The van der Waals surface area contributed by atoms with Crippen LogP contribution in [-0.4, -0.2) is 26.3 Å². The third-order valence-corrected chi connectivity index (χ3v) is 4.66. The van der Waals surface area contributed by atoms with Gasteiger partial charge in [-0.15, -0.1) is 0 Å². The van der Waals surface area contributed by atoms with Crippen LogP contribution in [0.15, 0.2) is 57.7 Å². The fraction of sp³-hybridized carbons (Fsp3) is 0.263. The number of carbonyl (C=O) groups is 1. The van der Waals surface area contributed by atoms with E-state index in [1.807, 2.05) is 30.3 Å². The average molecular weight is 367 g/mol. The number of hydrogen-bond acceptors (Lipinski definition) is 5. The molecular weight excluding hydrogens is 350 g/mol. The van der Waals surface area contributed by atoms with Crippen LogP contribution in [0.1, 0.15) is 18.4 Å². The molecule has 1 amide bonds. The molecule has 0 N–H and O–H groups in total. The van der Waals surface area contributed by atoms with Gasteiger partial charge in [-0.3, -0.25) is 19.5 Å². The highest BCUT2D eigenvalue weighted by molar-refractivity contribution is 5.81. The van der Waals surface area contributed by atoms with Gasteiger partial charge in [-0.05, 0) is 24.5 Å². The SMILES string of the molecule is O=C(Cn1c(=O)oc2cc([N+](=O)[O-])ccc21)N(Cc1ccccc1)C1CC1. The molecule has 2 aromatic carbocycles. The summed E-state index contributed by atoms with van der Waals surface area (Å²) in [6.07, 6.45) is 1.90. The van der Waals surface area contributed by atoms with Gasteiger partial charge in [-0.2, -0.15) is 0 Å². The zero-order chi connectivity index (χ0) is 19.0. The van der Waals surface area contributed by atoms with Crippen LogP contribution < -0.4 is 5.76 Å². The van der Waals surface area contributed by atoms with Crippen LogP contribution in [0.4, 0.5) is 5.69 Å². The van der Waals surface area contributed by atoms with Crippen LogP contribution in [0, 0.1) is 10.1 Å². The summed E-state index contributed by atoms with van der Waals surface area (Å²) in [6.45, 7) is 0.327. The van der Waals surface area contributed by atoms with Crippen LogP contribution in [-0.2, 0) is 17.9 Å². The Morgan fingerprint density at radius 2 is 1.96 bits per heavy atom. The standard InChI is InChI=1S/C19H17N3O5/c23-18(20(14-6-7-14)11-13-4-2-1-3-5-13)12-21-16-9-8-15(22(25)26)10-17(16)27-19(21)24/h1-5,8-10,14H,6-7,11-12H2. The van der Waals surface area contributed by atoms with Crippen LogP contribution in [0.25, 0.3) is 11.1 Å². The average Bonchev–Trinajstić information content (AvgIpc) is 3.45. The van der Waals surface area contributed by atoms with E-state index >= 15 is 0 Å². The molecule has 1 aliphatic rings. The van der Waals surface area contributed by atoms with Gasteiger partial charge in [-0.25, -0.2) is 4.79 Å². The van der Waals surface area contributed by atoms with Gasteiger partial charge < -0.3 is 9.32 Å². The van der Waals surface area contributed by atoms with Crippen molar-refractivity contribution >= 4 is 22.7 Å². The number of fused-ring (bicyclic) bond motifs is 1. The molecule has 1 fully saturated rings. The van der Waals surface area contributed by atoms with E-state index in [0.29, 0.717) is 12.1 Å². The van der Waals surface area contributed by atoms with Crippen LogP contribution in [0.3, 0.4) is 0 Å². The lowest BCUT2D eigenvalue weighted by molar-refractivity contribution is -0.384. The van der Waals surface area contributed by atoms with E-state index in [9.17, 15) is 19.7 Å². The molecule has 0 atom stereocenters. The molecule has 27 heavy (non-hydrogen) atoms. The molecule has 0 spiro atoms. The van der Waals surface area contributed by atoms with Gasteiger partial charge in [0, 0.05) is 18.7 Å². The molecule has 1 aliphatic carbocycles. The van der Waals surface area contributed by atoms with E-state index in [4.69, 9.17) is 4.42 Å². The molecule has 1 aromatic heterocycles. The number of nitro groups is 1. The molecule has 0 unspecified atom stereocenters. The lowest BCUT2D eigenvalue weighted by Crippen LogP contribution is -2.36. The number of oxazole rings is 1. The molecule has 0 bridgehead atoms. The van der Waals surface area contributed by atoms with Gasteiger partial charge in [0.25, 0.3) is 5.69 Å². The Morgan fingerprint density at radius 1 is 1.22 bits per heavy atom. The zero-order valence-corrected chi connectivity index (χ0v) is 14.4. The summed E-state index contributed by atoms with van der Waals surface area (Å²) < 4.78 is 6.32. The van der Waals surface area contributed by atoms with Crippen molar-refractivity contribution in [2.45, 2.75) is 32.0 Å². The van der Waals surface area contributed by atoms with E-state index in [0.717, 1.165) is 18.4 Å². The van der Waals surface area contributed by atoms with Crippen molar-refractivity contribution in [1.82, 2.24) is 9.47 Å². The van der Waals surface area contributed by atoms with E-state index in [1.54, 1.807) is 4.90 Å². The Kier molecular flexibility index (Phi) is 4.23. The summed E-state index contributed by atoms with van der Waals surface area (Å²) >= 11 is 0. The minimum Gasteiger partial charge on any atom is -0.407 e. The predicted octanol–water partition coefficient (Wildman–Crippen LogP) is 2.69. The first-order valence-electron chi connectivity index (χ1n) is 8.64. The molecule has 4 rings (SSSR count). The minimum atomic E-state index is -0.700. The lowest BCUT2D eigenvalue weighted by atomic mass is 10.2. The van der Waals surface area contributed by atoms with Crippen molar-refractivity contribution < 1.29 is 14.1 Å². The minimum absolute atomic E-state index is 0.100. The van der Waals surface area contributed by atoms with E-state index in [2.05, 4.69) is 0 Å². The quantitative estimate of drug-likeness (QED) is 0.493. The van der Waals surface area contributed by atoms with Crippen molar-refractivity contribution in [1.29, 1.82) is 0 Å². The molecule has 8 nitrogen and oxygen atoms in total. The van der Waals surface area contributed by atoms with Crippen LogP contribution >= 0.6 is 0 Å². The van der Waals surface area contributed by atoms with Gasteiger partial charge >= 0.3 is 5.76 Å². The number of hydrogen-bond donors (Lipinski definition) is 0. The summed E-state index contributed by atoms with van der Waals surface area (Å²) in [5.41, 5.74) is 1.33. The molecule has 8 heteroatoms. The summed E-state index contributed by atoms with van der Waals surface area (Å²) in [6, 6.07) is 13.8. The van der Waals surface area contributed by atoms with Crippen molar-refractivity contribution in [3.8, 4) is 0 Å². The van der Waals surface area contributed by atoms with Crippen LogP contribution in [0.5, 0.6) is 0 Å². The van der Waals surface area contributed by atoms with Gasteiger partial charge in [-0.1, -0.05) is 30.3 Å². The summed E-state index contributed by atoms with van der Waals surface area (Å²) in [5, 5.41) is 10.9. The van der Waals surface area contributed by atoms with E-state index in [-0.39, 0.29) is 29.8 Å². The number of carbonyl (C=O) groups excluding carboxylic acids is 1. The second-order valence-corrected chi connectivity index (χ2v) is 6.60. The first-order valence-corrected chi connectivity index (χ1v) is 8.64. The molecule has 0 aliphatic heterocycles. The number of amides is 1. The van der Waals surface area contributed by atoms with E-state index < -0.39 is 10.7 Å². The molecule has 1 saturated carbocycles. The van der Waals surface area contributed by atoms with Crippen molar-refractivity contribution in [2.75, 3.05) is 0 Å². The maximum absolute atomic E-state index is 12.9. The molecule has 3 aromatic rings. The van der Waals surface area contributed by atoms with Crippen molar-refractivity contribution in [3.63, 3.8) is 0 Å². The fourth-order valence-corrected chi connectivity index (χ4v) is 3.13.